The topological polar surface area (TPSA) is 12.0 Å². The predicted molar refractivity (Wildman–Crippen MR) is 46.7 cm³/mol. The van der Waals surface area contributed by atoms with Gasteiger partial charge in [0.1, 0.15) is 11.6 Å². The van der Waals surface area contributed by atoms with Gasteiger partial charge in [-0.1, -0.05) is 0 Å². The van der Waals surface area contributed by atoms with Crippen LogP contribution in [0.5, 0.6) is 0 Å². The molecule has 1 fully saturated rings. The molecule has 82 valence electrons. The van der Waals surface area contributed by atoms with Gasteiger partial charge in [0.25, 0.3) is 5.92 Å². The van der Waals surface area contributed by atoms with E-state index in [4.69, 9.17) is 0 Å². The molecule has 1 saturated heterocycles. The van der Waals surface area contributed by atoms with E-state index in [1.54, 1.807) is 0 Å². The molecule has 1 heterocycles. The molecule has 0 bridgehead atoms. The quantitative estimate of drug-likeness (QED) is 0.716. The molecule has 1 aliphatic heterocycles. The van der Waals surface area contributed by atoms with Crippen LogP contribution in [0.25, 0.3) is 0 Å². The second-order valence-corrected chi connectivity index (χ2v) is 3.66. The molecular weight excluding hydrogens is 210 g/mol. The molecular formula is C10H9F4N. The van der Waals surface area contributed by atoms with Gasteiger partial charge in [-0.15, -0.1) is 0 Å². The van der Waals surface area contributed by atoms with Crippen molar-refractivity contribution >= 4 is 0 Å². The van der Waals surface area contributed by atoms with Gasteiger partial charge in [0.05, 0.1) is 6.54 Å². The normalized spacial score (nSPS) is 24.4. The highest BCUT2D eigenvalue weighted by molar-refractivity contribution is 5.23. The zero-order valence-electron chi connectivity index (χ0n) is 7.74. The van der Waals surface area contributed by atoms with E-state index >= 15 is 0 Å². The predicted octanol–water partition coefficient (Wildman–Crippen LogP) is 2.63. The number of hydrogen-bond acceptors (Lipinski definition) is 1. The molecule has 1 atom stereocenters. The van der Waals surface area contributed by atoms with Crippen LogP contribution < -0.4 is 5.32 Å². The molecule has 0 aliphatic carbocycles. The number of halogens is 4. The first-order chi connectivity index (χ1) is 6.98. The van der Waals surface area contributed by atoms with Crippen LogP contribution >= 0.6 is 0 Å². The first-order valence-corrected chi connectivity index (χ1v) is 4.54. The number of benzene rings is 1. The minimum absolute atomic E-state index is 0.0350. The largest absolute Gasteiger partial charge is 0.304 e. The average Bonchev–Trinajstić information content (AvgIpc) is 2.50. The van der Waals surface area contributed by atoms with Gasteiger partial charge in [0.15, 0.2) is 0 Å². The minimum Gasteiger partial charge on any atom is -0.304 e. The lowest BCUT2D eigenvalue weighted by molar-refractivity contribution is 0.0209. The van der Waals surface area contributed by atoms with Crippen molar-refractivity contribution in [2.24, 2.45) is 0 Å². The maximum Gasteiger partial charge on any atom is 0.262 e. The minimum atomic E-state index is -2.84. The highest BCUT2D eigenvalue weighted by Gasteiger charge is 2.40. The Morgan fingerprint density at radius 2 is 2.00 bits per heavy atom. The van der Waals surface area contributed by atoms with Gasteiger partial charge in [-0.2, -0.15) is 0 Å². The van der Waals surface area contributed by atoms with Crippen molar-refractivity contribution in [3.05, 3.63) is 35.4 Å². The smallest absolute Gasteiger partial charge is 0.262 e. The Kier molecular flexibility index (Phi) is 2.42. The number of rotatable bonds is 1. The van der Waals surface area contributed by atoms with E-state index in [9.17, 15) is 17.6 Å². The summed E-state index contributed by atoms with van der Waals surface area (Å²) in [5.41, 5.74) is -0.0350. The van der Waals surface area contributed by atoms with E-state index < -0.39 is 36.6 Å². The molecule has 1 nitrogen and oxygen atoms in total. The molecule has 15 heavy (non-hydrogen) atoms. The first-order valence-electron chi connectivity index (χ1n) is 4.54. The van der Waals surface area contributed by atoms with Crippen LogP contribution in [0.2, 0.25) is 0 Å². The fourth-order valence-corrected chi connectivity index (χ4v) is 1.72. The summed E-state index contributed by atoms with van der Waals surface area (Å²) in [6.45, 7) is -0.492. The lowest BCUT2D eigenvalue weighted by Crippen LogP contribution is -2.19. The van der Waals surface area contributed by atoms with Crippen molar-refractivity contribution in [3.8, 4) is 0 Å². The van der Waals surface area contributed by atoms with E-state index in [0.717, 1.165) is 18.2 Å². The van der Waals surface area contributed by atoms with Crippen LogP contribution in [-0.2, 0) is 0 Å². The van der Waals surface area contributed by atoms with Crippen molar-refractivity contribution in [1.29, 1.82) is 0 Å². The van der Waals surface area contributed by atoms with Crippen molar-refractivity contribution < 1.29 is 17.6 Å². The Balaban J connectivity index is 2.27. The third-order valence-corrected chi connectivity index (χ3v) is 2.44. The van der Waals surface area contributed by atoms with E-state index in [0.29, 0.717) is 0 Å². The number of nitrogens with one attached hydrogen (secondary N) is 1. The molecule has 1 N–H and O–H groups in total. The Hall–Kier alpha value is -1.10. The summed E-state index contributed by atoms with van der Waals surface area (Å²) in [6, 6.07) is 2.05. The third-order valence-electron chi connectivity index (χ3n) is 2.44. The molecule has 1 unspecified atom stereocenters. The molecule has 1 aromatic rings. The second-order valence-electron chi connectivity index (χ2n) is 3.66. The zero-order chi connectivity index (χ0) is 11.1. The molecule has 1 aromatic carbocycles. The SMILES string of the molecule is Fc1ccc(F)c(C2CC(F)(F)CN2)c1. The lowest BCUT2D eigenvalue weighted by atomic mass is 10.0. The fourth-order valence-electron chi connectivity index (χ4n) is 1.72. The van der Waals surface area contributed by atoms with Crippen molar-refractivity contribution in [2.45, 2.75) is 18.4 Å². The van der Waals surface area contributed by atoms with E-state index in [1.807, 2.05) is 0 Å². The van der Waals surface area contributed by atoms with Crippen molar-refractivity contribution in [2.75, 3.05) is 6.54 Å². The summed E-state index contributed by atoms with van der Waals surface area (Å²) in [5.74, 6) is -4.13. The fraction of sp³-hybridized carbons (Fsp3) is 0.400. The monoisotopic (exact) mass is 219 g/mol. The van der Waals surface area contributed by atoms with Gasteiger partial charge in [0.2, 0.25) is 0 Å². The highest BCUT2D eigenvalue weighted by Crippen LogP contribution is 2.34. The maximum absolute atomic E-state index is 13.2. The highest BCUT2D eigenvalue weighted by atomic mass is 19.3. The lowest BCUT2D eigenvalue weighted by Gasteiger charge is -2.11. The van der Waals surface area contributed by atoms with Crippen molar-refractivity contribution in [3.63, 3.8) is 0 Å². The average molecular weight is 219 g/mol. The molecule has 5 heteroatoms. The Morgan fingerprint density at radius 1 is 1.27 bits per heavy atom. The van der Waals surface area contributed by atoms with Crippen LogP contribution in [0.1, 0.15) is 18.0 Å². The summed E-state index contributed by atoms with van der Waals surface area (Å²) in [4.78, 5) is 0. The maximum atomic E-state index is 13.2. The Morgan fingerprint density at radius 3 is 2.60 bits per heavy atom. The number of hydrogen-bond donors (Lipinski definition) is 1. The van der Waals surface area contributed by atoms with E-state index in [2.05, 4.69) is 5.32 Å². The Labute approximate surface area is 84.1 Å². The van der Waals surface area contributed by atoms with Crippen LogP contribution in [0, 0.1) is 11.6 Å². The van der Waals surface area contributed by atoms with Crippen LogP contribution in [0.4, 0.5) is 17.6 Å². The van der Waals surface area contributed by atoms with Gasteiger partial charge in [-0.05, 0) is 18.2 Å². The summed E-state index contributed by atoms with van der Waals surface area (Å²) < 4.78 is 51.7. The van der Waals surface area contributed by atoms with Gasteiger partial charge < -0.3 is 5.32 Å². The Bertz CT molecular complexity index is 378. The van der Waals surface area contributed by atoms with Crippen molar-refractivity contribution in [1.82, 2.24) is 5.32 Å². The second kappa shape index (κ2) is 3.48. The summed E-state index contributed by atoms with van der Waals surface area (Å²) >= 11 is 0. The first kappa shape index (κ1) is 10.4. The number of alkyl halides is 2. The van der Waals surface area contributed by atoms with Crippen LogP contribution in [0.3, 0.4) is 0 Å². The van der Waals surface area contributed by atoms with Gasteiger partial charge in [-0.25, -0.2) is 17.6 Å². The van der Waals surface area contributed by atoms with E-state index in [-0.39, 0.29) is 5.56 Å². The summed E-state index contributed by atoms with van der Waals surface area (Å²) in [6.07, 6.45) is -0.493. The summed E-state index contributed by atoms with van der Waals surface area (Å²) in [7, 11) is 0. The van der Waals surface area contributed by atoms with Crippen LogP contribution in [0.15, 0.2) is 18.2 Å². The molecule has 2 rings (SSSR count). The molecule has 0 saturated carbocycles. The van der Waals surface area contributed by atoms with Gasteiger partial charge in [0, 0.05) is 18.0 Å². The van der Waals surface area contributed by atoms with Crippen LogP contribution in [-0.4, -0.2) is 12.5 Å². The molecule has 0 aromatic heterocycles. The third kappa shape index (κ3) is 2.12. The summed E-state index contributed by atoms with van der Waals surface area (Å²) in [5, 5.41) is 2.47. The van der Waals surface area contributed by atoms with Gasteiger partial charge in [-0.3, -0.25) is 0 Å². The van der Waals surface area contributed by atoms with E-state index in [1.165, 1.54) is 0 Å². The van der Waals surface area contributed by atoms with Gasteiger partial charge >= 0.3 is 0 Å². The zero-order valence-corrected chi connectivity index (χ0v) is 7.74. The molecule has 1 aliphatic rings. The standard InChI is InChI=1S/C10H9F4N/c11-6-1-2-8(12)7(3-6)9-4-10(13,14)5-15-9/h1-3,9,15H,4-5H2. The molecule has 0 radical (unpaired) electrons. The molecule has 0 amide bonds. The molecule has 0 spiro atoms.